The Hall–Kier alpha value is -1.48. The second kappa shape index (κ2) is 11.2. The van der Waals surface area contributed by atoms with Crippen molar-refractivity contribution in [3.63, 3.8) is 0 Å². The molecule has 2 rings (SSSR count). The number of amides is 1. The van der Waals surface area contributed by atoms with Crippen LogP contribution >= 0.6 is 11.8 Å². The van der Waals surface area contributed by atoms with Gasteiger partial charge in [0, 0.05) is 29.8 Å². The maximum Gasteiger partial charge on any atom is 0.246 e. The molecule has 1 fully saturated rings. The molecule has 136 valence electrons. The lowest BCUT2D eigenvalue weighted by Gasteiger charge is -2.19. The van der Waals surface area contributed by atoms with Gasteiger partial charge in [0.2, 0.25) is 5.91 Å². The van der Waals surface area contributed by atoms with Gasteiger partial charge in [0.25, 0.3) is 0 Å². The first-order valence-corrected chi connectivity index (χ1v) is 10.6. The van der Waals surface area contributed by atoms with Crippen molar-refractivity contribution < 1.29 is 4.79 Å². The van der Waals surface area contributed by atoms with E-state index >= 15 is 0 Å². The third kappa shape index (κ3) is 7.11. The zero-order valence-electron chi connectivity index (χ0n) is 15.6. The Balaban J connectivity index is 2.05. The molecule has 1 aliphatic rings. The van der Waals surface area contributed by atoms with Gasteiger partial charge in [-0.05, 0) is 50.3 Å². The van der Waals surface area contributed by atoms with E-state index in [0.717, 1.165) is 18.8 Å². The SMILES string of the molecule is CCN(CC)C(=O)/C=C\C(=C\C1CCCCC1)CSc1ccccc1. The van der Waals surface area contributed by atoms with Gasteiger partial charge in [-0.15, -0.1) is 11.8 Å². The molecule has 0 bridgehead atoms. The topological polar surface area (TPSA) is 20.3 Å². The van der Waals surface area contributed by atoms with Crippen LogP contribution in [-0.4, -0.2) is 29.6 Å². The summed E-state index contributed by atoms with van der Waals surface area (Å²) in [5.74, 6) is 1.71. The van der Waals surface area contributed by atoms with Crippen molar-refractivity contribution in [2.75, 3.05) is 18.8 Å². The standard InChI is InChI=1S/C22H31NOS/c1-3-23(4-2)22(24)16-15-20(17-19-11-7-5-8-12-19)18-25-21-13-9-6-10-14-21/h6,9-10,13-17,19H,3-5,7-8,11-12,18H2,1-2H3/b16-15-,20-17-. The van der Waals surface area contributed by atoms with Gasteiger partial charge in [-0.2, -0.15) is 0 Å². The van der Waals surface area contributed by atoms with Gasteiger partial charge < -0.3 is 4.90 Å². The molecule has 0 atom stereocenters. The second-order valence-corrected chi connectivity index (χ2v) is 7.63. The van der Waals surface area contributed by atoms with E-state index < -0.39 is 0 Å². The Kier molecular flexibility index (Phi) is 8.89. The molecule has 1 aromatic rings. The summed E-state index contributed by atoms with van der Waals surface area (Å²) < 4.78 is 0. The lowest BCUT2D eigenvalue weighted by Crippen LogP contribution is -2.28. The summed E-state index contributed by atoms with van der Waals surface area (Å²) in [6, 6.07) is 10.5. The van der Waals surface area contributed by atoms with Gasteiger partial charge in [-0.1, -0.05) is 49.6 Å². The maximum atomic E-state index is 12.3. The highest BCUT2D eigenvalue weighted by molar-refractivity contribution is 7.99. The number of allylic oxidation sites excluding steroid dienone is 2. The van der Waals surface area contributed by atoms with Crippen LogP contribution in [0.2, 0.25) is 0 Å². The van der Waals surface area contributed by atoms with Crippen molar-refractivity contribution >= 4 is 17.7 Å². The molecule has 0 aliphatic heterocycles. The van der Waals surface area contributed by atoms with Crippen LogP contribution < -0.4 is 0 Å². The summed E-state index contributed by atoms with van der Waals surface area (Å²) in [5.41, 5.74) is 1.28. The van der Waals surface area contributed by atoms with Crippen LogP contribution in [-0.2, 0) is 4.79 Å². The van der Waals surface area contributed by atoms with E-state index in [2.05, 4.69) is 30.3 Å². The molecule has 1 amide bonds. The zero-order chi connectivity index (χ0) is 17.9. The monoisotopic (exact) mass is 357 g/mol. The molecule has 0 aromatic heterocycles. The van der Waals surface area contributed by atoms with Crippen LogP contribution in [0.5, 0.6) is 0 Å². The predicted molar refractivity (Wildman–Crippen MR) is 109 cm³/mol. The molecule has 0 unspecified atom stereocenters. The van der Waals surface area contributed by atoms with Gasteiger partial charge in [0.1, 0.15) is 0 Å². The quantitative estimate of drug-likeness (QED) is 0.337. The molecule has 1 aromatic carbocycles. The molecule has 25 heavy (non-hydrogen) atoms. The van der Waals surface area contributed by atoms with Crippen molar-refractivity contribution in [2.24, 2.45) is 5.92 Å². The number of hydrogen-bond acceptors (Lipinski definition) is 2. The number of rotatable bonds is 8. The molecular formula is C22H31NOS. The number of likely N-dealkylation sites (N-methyl/N-ethyl adjacent to an activating group) is 1. The predicted octanol–water partition coefficient (Wildman–Crippen LogP) is 5.71. The molecule has 1 aliphatic carbocycles. The molecule has 0 heterocycles. The molecule has 2 nitrogen and oxygen atoms in total. The number of hydrogen-bond donors (Lipinski definition) is 0. The van der Waals surface area contributed by atoms with E-state index in [0.29, 0.717) is 5.92 Å². The number of carbonyl (C=O) groups excluding carboxylic acids is 1. The van der Waals surface area contributed by atoms with Gasteiger partial charge in [0.15, 0.2) is 0 Å². The number of benzene rings is 1. The minimum Gasteiger partial charge on any atom is -0.340 e. The van der Waals surface area contributed by atoms with Crippen LogP contribution in [0.3, 0.4) is 0 Å². The Morgan fingerprint density at radius 2 is 1.76 bits per heavy atom. The van der Waals surface area contributed by atoms with Crippen molar-refractivity contribution in [3.05, 3.63) is 54.1 Å². The second-order valence-electron chi connectivity index (χ2n) is 6.59. The number of nitrogens with zero attached hydrogens (tertiary/aromatic N) is 1. The Labute approximate surface area is 157 Å². The fourth-order valence-electron chi connectivity index (χ4n) is 3.26. The summed E-state index contributed by atoms with van der Waals surface area (Å²) in [7, 11) is 0. The average molecular weight is 358 g/mol. The summed E-state index contributed by atoms with van der Waals surface area (Å²) in [4.78, 5) is 15.4. The van der Waals surface area contributed by atoms with Crippen LogP contribution in [0.15, 0.2) is 59.0 Å². The Bertz CT molecular complexity index is 569. The normalized spacial score (nSPS) is 16.3. The van der Waals surface area contributed by atoms with E-state index in [1.807, 2.05) is 42.7 Å². The third-order valence-electron chi connectivity index (χ3n) is 4.76. The molecule has 0 spiro atoms. The first-order valence-electron chi connectivity index (χ1n) is 9.58. The van der Waals surface area contributed by atoms with E-state index in [1.54, 1.807) is 6.08 Å². The number of thioether (sulfide) groups is 1. The Morgan fingerprint density at radius 3 is 2.40 bits per heavy atom. The van der Waals surface area contributed by atoms with Crippen LogP contribution in [0.4, 0.5) is 0 Å². The lowest BCUT2D eigenvalue weighted by atomic mass is 9.88. The number of carbonyl (C=O) groups is 1. The van der Waals surface area contributed by atoms with E-state index in [-0.39, 0.29) is 5.91 Å². The fourth-order valence-corrected chi connectivity index (χ4v) is 4.13. The fraction of sp³-hybridized carbons (Fsp3) is 0.500. The van der Waals surface area contributed by atoms with E-state index in [9.17, 15) is 4.79 Å². The molecule has 0 radical (unpaired) electrons. The molecule has 1 saturated carbocycles. The van der Waals surface area contributed by atoms with E-state index in [1.165, 1.54) is 42.6 Å². The largest absolute Gasteiger partial charge is 0.340 e. The minimum absolute atomic E-state index is 0.115. The summed E-state index contributed by atoms with van der Waals surface area (Å²) >= 11 is 1.84. The average Bonchev–Trinajstić information content (AvgIpc) is 2.66. The van der Waals surface area contributed by atoms with Gasteiger partial charge in [0.05, 0.1) is 0 Å². The molecule has 0 N–H and O–H groups in total. The van der Waals surface area contributed by atoms with Gasteiger partial charge in [-0.3, -0.25) is 4.79 Å². The van der Waals surface area contributed by atoms with Crippen molar-refractivity contribution in [2.45, 2.75) is 50.8 Å². The van der Waals surface area contributed by atoms with Gasteiger partial charge in [-0.25, -0.2) is 0 Å². The molecular weight excluding hydrogens is 326 g/mol. The Morgan fingerprint density at radius 1 is 1.08 bits per heavy atom. The summed E-state index contributed by atoms with van der Waals surface area (Å²) in [6.45, 7) is 5.58. The van der Waals surface area contributed by atoms with Crippen LogP contribution in [0.1, 0.15) is 46.0 Å². The summed E-state index contributed by atoms with van der Waals surface area (Å²) in [6.07, 6.45) is 12.8. The first-order chi connectivity index (χ1) is 12.2. The minimum atomic E-state index is 0.115. The zero-order valence-corrected chi connectivity index (χ0v) is 16.4. The summed E-state index contributed by atoms with van der Waals surface area (Å²) in [5, 5.41) is 0. The van der Waals surface area contributed by atoms with E-state index in [4.69, 9.17) is 0 Å². The van der Waals surface area contributed by atoms with Crippen molar-refractivity contribution in [1.29, 1.82) is 0 Å². The van der Waals surface area contributed by atoms with Crippen molar-refractivity contribution in [1.82, 2.24) is 4.90 Å². The first kappa shape index (κ1) is 19.8. The molecule has 0 saturated heterocycles. The third-order valence-corrected chi connectivity index (χ3v) is 5.85. The molecule has 3 heteroatoms. The van der Waals surface area contributed by atoms with Crippen LogP contribution in [0, 0.1) is 5.92 Å². The lowest BCUT2D eigenvalue weighted by molar-refractivity contribution is -0.125. The van der Waals surface area contributed by atoms with Crippen LogP contribution in [0.25, 0.3) is 0 Å². The highest BCUT2D eigenvalue weighted by atomic mass is 32.2. The smallest absolute Gasteiger partial charge is 0.246 e. The highest BCUT2D eigenvalue weighted by Crippen LogP contribution is 2.28. The van der Waals surface area contributed by atoms with Gasteiger partial charge >= 0.3 is 0 Å². The maximum absolute atomic E-state index is 12.3. The highest BCUT2D eigenvalue weighted by Gasteiger charge is 2.12. The van der Waals surface area contributed by atoms with Crippen molar-refractivity contribution in [3.8, 4) is 0 Å².